The van der Waals surface area contributed by atoms with Gasteiger partial charge in [0.05, 0.1) is 18.7 Å². The lowest BCUT2D eigenvalue weighted by Gasteiger charge is -2.49. The molecule has 16 atom stereocenters. The SMILES string of the molecule is NC[C@H]1O[C@H](O[C@H]2[C@H](O)[C@@H](O[C@H]3O[C@H](CO)[C@@H](O)[C@H](N)[C@H]3O)[C@H](NC(=O)[C@@H](O)CC=O)C[C@@H]2N)[C@H](O)[C@@H](O)[C@@H]1O. The number of nitrogens with two attached hydrogens (primary N) is 3. The minimum Gasteiger partial charge on any atom is -0.394 e. The molecule has 3 fully saturated rings. The number of nitrogens with one attached hydrogen (secondary N) is 1. The van der Waals surface area contributed by atoms with Gasteiger partial charge < -0.3 is 87.1 Å². The Bertz CT molecular complexity index is 841. The van der Waals surface area contributed by atoms with E-state index in [0.717, 1.165) is 0 Å². The van der Waals surface area contributed by atoms with Crippen molar-refractivity contribution in [3.8, 4) is 0 Å². The summed E-state index contributed by atoms with van der Waals surface area (Å²) in [6, 6.07) is -3.60. The molecule has 0 radical (unpaired) electrons. The lowest BCUT2D eigenvalue weighted by molar-refractivity contribution is -0.332. The molecule has 40 heavy (non-hydrogen) atoms. The van der Waals surface area contributed by atoms with Gasteiger partial charge in [0.1, 0.15) is 73.4 Å². The lowest BCUT2D eigenvalue weighted by atomic mass is 9.83. The average molecular weight is 585 g/mol. The maximum absolute atomic E-state index is 12.5. The van der Waals surface area contributed by atoms with Crippen molar-refractivity contribution < 1.29 is 69.4 Å². The van der Waals surface area contributed by atoms with Crippen molar-refractivity contribution in [3.05, 3.63) is 0 Å². The summed E-state index contributed by atoms with van der Waals surface area (Å²) < 4.78 is 22.4. The van der Waals surface area contributed by atoms with E-state index in [9.17, 15) is 50.4 Å². The fraction of sp³-hybridized carbons (Fsp3) is 0.909. The van der Waals surface area contributed by atoms with Crippen molar-refractivity contribution in [2.45, 2.75) is 111 Å². The molecule has 2 saturated heterocycles. The molecule has 0 bridgehead atoms. The minimum atomic E-state index is -1.78. The zero-order chi connectivity index (χ0) is 29.9. The molecular weight excluding hydrogens is 544 g/mol. The zero-order valence-electron chi connectivity index (χ0n) is 21.4. The van der Waals surface area contributed by atoms with Crippen molar-refractivity contribution in [3.63, 3.8) is 0 Å². The van der Waals surface area contributed by atoms with Gasteiger partial charge in [0.2, 0.25) is 5.91 Å². The number of aldehydes is 1. The Morgan fingerprint density at radius 3 is 2.10 bits per heavy atom. The molecule has 0 aromatic carbocycles. The first-order valence-electron chi connectivity index (χ1n) is 12.8. The first-order valence-corrected chi connectivity index (χ1v) is 12.8. The van der Waals surface area contributed by atoms with Crippen molar-refractivity contribution >= 4 is 12.2 Å². The maximum atomic E-state index is 12.5. The van der Waals surface area contributed by atoms with E-state index in [-0.39, 0.29) is 13.0 Å². The molecule has 0 aromatic heterocycles. The Hall–Kier alpha value is -1.46. The Morgan fingerprint density at radius 2 is 1.50 bits per heavy atom. The van der Waals surface area contributed by atoms with Gasteiger partial charge >= 0.3 is 0 Å². The van der Waals surface area contributed by atoms with Gasteiger partial charge in [-0.15, -0.1) is 0 Å². The van der Waals surface area contributed by atoms with Gasteiger partial charge in [-0.1, -0.05) is 0 Å². The van der Waals surface area contributed by atoms with Gasteiger partial charge in [-0.2, -0.15) is 0 Å². The molecule has 1 amide bonds. The molecule has 3 rings (SSSR count). The van der Waals surface area contributed by atoms with Crippen LogP contribution in [0.2, 0.25) is 0 Å². The number of hydrogen-bond donors (Lipinski definition) is 12. The maximum Gasteiger partial charge on any atom is 0.249 e. The molecule has 18 nitrogen and oxygen atoms in total. The normalized spacial score (nSPS) is 46.9. The summed E-state index contributed by atoms with van der Waals surface area (Å²) in [5.74, 6) is -0.996. The van der Waals surface area contributed by atoms with E-state index < -0.39 is 117 Å². The number of ether oxygens (including phenoxy) is 4. The predicted octanol–water partition coefficient (Wildman–Crippen LogP) is -8.18. The van der Waals surface area contributed by atoms with Gasteiger partial charge in [0, 0.05) is 19.0 Å². The third kappa shape index (κ3) is 6.94. The van der Waals surface area contributed by atoms with Crippen molar-refractivity contribution in [1.82, 2.24) is 5.32 Å². The fourth-order valence-electron chi connectivity index (χ4n) is 4.98. The second-order valence-electron chi connectivity index (χ2n) is 10.2. The predicted molar refractivity (Wildman–Crippen MR) is 128 cm³/mol. The highest BCUT2D eigenvalue weighted by molar-refractivity contribution is 5.83. The Balaban J connectivity index is 1.85. The highest BCUT2D eigenvalue weighted by atomic mass is 16.7. The number of hydrogen-bond acceptors (Lipinski definition) is 17. The average Bonchev–Trinajstić information content (AvgIpc) is 2.92. The third-order valence-corrected chi connectivity index (χ3v) is 7.39. The molecule has 0 spiro atoms. The van der Waals surface area contributed by atoms with Crippen molar-refractivity contribution in [1.29, 1.82) is 0 Å². The molecular formula is C22H40N4O14. The molecule has 2 aliphatic heterocycles. The summed E-state index contributed by atoms with van der Waals surface area (Å²) in [6.07, 6.45) is -20.6. The molecule has 0 unspecified atom stereocenters. The van der Waals surface area contributed by atoms with Crippen LogP contribution in [0.1, 0.15) is 12.8 Å². The standard InChI is InChI=1S/C22H40N4O14/c23-4-9-13(31)15(33)16(34)22(37-9)39-18-6(24)3-7(26-20(36)8(29)1-2-27)19(17(18)35)40-21-14(32)11(25)12(30)10(5-28)38-21/h2,6-19,21-22,28-35H,1,3-5,23-25H2,(H,26,36)/t6-,7+,8-,9+,10+,11-,12+,13+,14+,15-,16+,17-,18+,19-,21+,22+/m0/s1. The molecule has 232 valence electrons. The topological polar surface area (TPSA) is 323 Å². The highest BCUT2D eigenvalue weighted by Gasteiger charge is 2.52. The molecule has 0 aromatic rings. The van der Waals surface area contributed by atoms with Crippen LogP contribution in [0.15, 0.2) is 0 Å². The molecule has 15 N–H and O–H groups in total. The number of carbonyl (C=O) groups is 2. The zero-order valence-corrected chi connectivity index (χ0v) is 21.4. The van der Waals surface area contributed by atoms with E-state index in [0.29, 0.717) is 6.29 Å². The molecule has 3 aliphatic rings. The first kappa shape index (κ1) is 33.0. The van der Waals surface area contributed by atoms with Crippen LogP contribution in [-0.2, 0) is 28.5 Å². The van der Waals surface area contributed by atoms with Crippen LogP contribution in [0.4, 0.5) is 0 Å². The number of aliphatic hydroxyl groups excluding tert-OH is 8. The number of rotatable bonds is 10. The lowest BCUT2D eigenvalue weighted by Crippen LogP contribution is -2.69. The van der Waals surface area contributed by atoms with Gasteiger partial charge in [-0.3, -0.25) is 4.79 Å². The number of carbonyl (C=O) groups excluding carboxylic acids is 2. The van der Waals surface area contributed by atoms with E-state index in [1.807, 2.05) is 0 Å². The van der Waals surface area contributed by atoms with E-state index in [2.05, 4.69) is 5.32 Å². The van der Waals surface area contributed by atoms with Gasteiger partial charge in [-0.05, 0) is 6.42 Å². The monoisotopic (exact) mass is 584 g/mol. The highest BCUT2D eigenvalue weighted by Crippen LogP contribution is 2.32. The molecule has 2 heterocycles. The minimum absolute atomic E-state index is 0.193. The molecule has 18 heteroatoms. The first-order chi connectivity index (χ1) is 18.9. The third-order valence-electron chi connectivity index (χ3n) is 7.39. The summed E-state index contributed by atoms with van der Waals surface area (Å²) in [4.78, 5) is 23.2. The Labute approximate surface area is 228 Å². The number of aliphatic hydroxyl groups is 8. The van der Waals surface area contributed by atoms with Crippen molar-refractivity contribution in [2.24, 2.45) is 17.2 Å². The summed E-state index contributed by atoms with van der Waals surface area (Å²) in [7, 11) is 0. The Morgan fingerprint density at radius 1 is 0.900 bits per heavy atom. The van der Waals surface area contributed by atoms with E-state index in [1.54, 1.807) is 0 Å². The van der Waals surface area contributed by atoms with Crippen LogP contribution in [0.3, 0.4) is 0 Å². The summed E-state index contributed by atoms with van der Waals surface area (Å²) >= 11 is 0. The summed E-state index contributed by atoms with van der Waals surface area (Å²) in [5.41, 5.74) is 17.6. The van der Waals surface area contributed by atoms with Crippen LogP contribution >= 0.6 is 0 Å². The van der Waals surface area contributed by atoms with Crippen LogP contribution < -0.4 is 22.5 Å². The van der Waals surface area contributed by atoms with E-state index in [1.165, 1.54) is 0 Å². The largest absolute Gasteiger partial charge is 0.394 e. The molecule has 1 aliphatic carbocycles. The smallest absolute Gasteiger partial charge is 0.249 e. The second kappa shape index (κ2) is 14.1. The Kier molecular flexibility index (Phi) is 11.7. The van der Waals surface area contributed by atoms with Gasteiger partial charge in [0.15, 0.2) is 12.6 Å². The fourth-order valence-corrected chi connectivity index (χ4v) is 4.98. The van der Waals surface area contributed by atoms with Crippen LogP contribution in [-0.4, -0.2) is 164 Å². The van der Waals surface area contributed by atoms with E-state index >= 15 is 0 Å². The van der Waals surface area contributed by atoms with Crippen LogP contribution in [0.5, 0.6) is 0 Å². The number of amides is 1. The summed E-state index contributed by atoms with van der Waals surface area (Å²) in [6.45, 7) is -0.946. The van der Waals surface area contributed by atoms with Gasteiger partial charge in [-0.25, -0.2) is 0 Å². The van der Waals surface area contributed by atoms with Crippen LogP contribution in [0, 0.1) is 0 Å². The summed E-state index contributed by atoms with van der Waals surface area (Å²) in [5, 5.41) is 84.5. The van der Waals surface area contributed by atoms with Gasteiger partial charge in [0.25, 0.3) is 0 Å². The van der Waals surface area contributed by atoms with Crippen molar-refractivity contribution in [2.75, 3.05) is 13.2 Å². The quantitative estimate of drug-likeness (QED) is 0.106. The van der Waals surface area contributed by atoms with E-state index in [4.69, 9.17) is 36.1 Å². The second-order valence-corrected chi connectivity index (χ2v) is 10.2. The van der Waals surface area contributed by atoms with Crippen LogP contribution in [0.25, 0.3) is 0 Å². The molecule has 1 saturated carbocycles.